The molecule has 1 saturated carbocycles. The summed E-state index contributed by atoms with van der Waals surface area (Å²) >= 11 is 0. The second-order valence-electron chi connectivity index (χ2n) is 4.26. The van der Waals surface area contributed by atoms with E-state index in [9.17, 15) is 4.79 Å². The van der Waals surface area contributed by atoms with E-state index in [-0.39, 0.29) is 0 Å². The monoisotopic (exact) mass is 176 g/mol. The molecule has 0 radical (unpaired) electrons. The first-order valence-electron chi connectivity index (χ1n) is 5.05. The van der Waals surface area contributed by atoms with Gasteiger partial charge in [-0.3, -0.25) is 4.79 Å². The predicted molar refractivity (Wildman–Crippen MR) is 53.4 cm³/mol. The Morgan fingerprint density at radius 2 is 2.15 bits per heavy atom. The molecular weight excluding hydrogens is 160 g/mol. The molecular formula is C12H16O. The van der Waals surface area contributed by atoms with Crippen molar-refractivity contribution in [2.24, 2.45) is 11.8 Å². The van der Waals surface area contributed by atoms with Crippen molar-refractivity contribution in [1.82, 2.24) is 0 Å². The first kappa shape index (κ1) is 8.74. The Kier molecular flexibility index (Phi) is 2.10. The van der Waals surface area contributed by atoms with Crippen LogP contribution in [0.2, 0.25) is 0 Å². The molecule has 1 nitrogen and oxygen atoms in total. The minimum atomic E-state index is 0.435. The Morgan fingerprint density at radius 1 is 1.38 bits per heavy atom. The van der Waals surface area contributed by atoms with E-state index in [2.05, 4.69) is 26.0 Å². The molecule has 0 amide bonds. The molecule has 2 aliphatic rings. The summed E-state index contributed by atoms with van der Waals surface area (Å²) in [4.78, 5) is 11.4. The summed E-state index contributed by atoms with van der Waals surface area (Å²) in [5, 5.41) is 0. The average Bonchev–Trinajstić information content (AvgIpc) is 2.01. The SMILES string of the molecule is C/C=C1\C2C=C(C)CC1CC(=O)C2. The van der Waals surface area contributed by atoms with Gasteiger partial charge in [0.1, 0.15) is 5.78 Å². The smallest absolute Gasteiger partial charge is 0.134 e. The Bertz CT molecular complexity index is 296. The van der Waals surface area contributed by atoms with Gasteiger partial charge in [0.2, 0.25) is 0 Å². The molecule has 0 heterocycles. The van der Waals surface area contributed by atoms with Crippen molar-refractivity contribution in [1.29, 1.82) is 0 Å². The van der Waals surface area contributed by atoms with Crippen molar-refractivity contribution in [2.45, 2.75) is 33.1 Å². The van der Waals surface area contributed by atoms with Crippen LogP contribution in [0.1, 0.15) is 33.1 Å². The quantitative estimate of drug-likeness (QED) is 0.519. The maximum Gasteiger partial charge on any atom is 0.134 e. The summed E-state index contributed by atoms with van der Waals surface area (Å²) < 4.78 is 0. The van der Waals surface area contributed by atoms with Gasteiger partial charge in [-0.2, -0.15) is 0 Å². The van der Waals surface area contributed by atoms with Crippen LogP contribution in [0.4, 0.5) is 0 Å². The molecule has 2 aliphatic carbocycles. The zero-order valence-electron chi connectivity index (χ0n) is 8.34. The Labute approximate surface area is 79.5 Å². The minimum Gasteiger partial charge on any atom is -0.300 e. The van der Waals surface area contributed by atoms with Crippen LogP contribution < -0.4 is 0 Å². The summed E-state index contributed by atoms with van der Waals surface area (Å²) in [5.74, 6) is 1.41. The van der Waals surface area contributed by atoms with Gasteiger partial charge in [0, 0.05) is 18.8 Å². The van der Waals surface area contributed by atoms with E-state index in [0.29, 0.717) is 17.6 Å². The molecule has 0 saturated heterocycles. The first-order chi connectivity index (χ1) is 6.20. The fourth-order valence-electron chi connectivity index (χ4n) is 2.74. The number of rotatable bonds is 0. The lowest BCUT2D eigenvalue weighted by molar-refractivity contribution is -0.121. The summed E-state index contributed by atoms with van der Waals surface area (Å²) in [7, 11) is 0. The number of allylic oxidation sites excluding steroid dienone is 4. The highest BCUT2D eigenvalue weighted by atomic mass is 16.1. The van der Waals surface area contributed by atoms with E-state index in [1.165, 1.54) is 11.1 Å². The fraction of sp³-hybridized carbons (Fsp3) is 0.583. The molecule has 1 fully saturated rings. The van der Waals surface area contributed by atoms with Crippen molar-refractivity contribution in [3.05, 3.63) is 23.3 Å². The van der Waals surface area contributed by atoms with Crippen LogP contribution in [-0.2, 0) is 4.79 Å². The molecule has 2 bridgehead atoms. The van der Waals surface area contributed by atoms with Crippen LogP contribution in [0.3, 0.4) is 0 Å². The molecule has 13 heavy (non-hydrogen) atoms. The molecule has 0 N–H and O–H groups in total. The van der Waals surface area contributed by atoms with E-state index >= 15 is 0 Å². The lowest BCUT2D eigenvalue weighted by Gasteiger charge is -2.35. The lowest BCUT2D eigenvalue weighted by atomic mass is 9.69. The Balaban J connectivity index is 2.35. The van der Waals surface area contributed by atoms with Crippen LogP contribution in [-0.4, -0.2) is 5.78 Å². The van der Waals surface area contributed by atoms with Crippen molar-refractivity contribution >= 4 is 5.78 Å². The van der Waals surface area contributed by atoms with Crippen LogP contribution in [0.25, 0.3) is 0 Å². The third kappa shape index (κ3) is 1.48. The molecule has 0 spiro atoms. The zero-order chi connectivity index (χ0) is 9.42. The molecule has 2 atom stereocenters. The highest BCUT2D eigenvalue weighted by Crippen LogP contribution is 2.41. The molecule has 1 heteroatoms. The third-order valence-corrected chi connectivity index (χ3v) is 3.21. The van der Waals surface area contributed by atoms with Crippen molar-refractivity contribution < 1.29 is 4.79 Å². The number of hydrogen-bond donors (Lipinski definition) is 0. The summed E-state index contributed by atoms with van der Waals surface area (Å²) in [5.41, 5.74) is 2.97. The number of ketones is 1. The van der Waals surface area contributed by atoms with Gasteiger partial charge in [-0.1, -0.05) is 23.3 Å². The van der Waals surface area contributed by atoms with E-state index in [0.717, 1.165) is 19.3 Å². The standard InChI is InChI=1S/C12H16O/c1-3-12-9-4-8(2)5-10(12)7-11(13)6-9/h3-4,9-10H,5-7H2,1-2H3/b12-3+. The molecule has 2 unspecified atom stereocenters. The fourth-order valence-corrected chi connectivity index (χ4v) is 2.74. The van der Waals surface area contributed by atoms with Gasteiger partial charge in [-0.15, -0.1) is 0 Å². The number of hydrogen-bond acceptors (Lipinski definition) is 1. The lowest BCUT2D eigenvalue weighted by Crippen LogP contribution is -2.28. The van der Waals surface area contributed by atoms with E-state index < -0.39 is 0 Å². The second kappa shape index (κ2) is 3.13. The molecule has 2 rings (SSSR count). The normalized spacial score (nSPS) is 36.3. The van der Waals surface area contributed by atoms with Crippen LogP contribution in [0, 0.1) is 11.8 Å². The van der Waals surface area contributed by atoms with Crippen LogP contribution in [0.5, 0.6) is 0 Å². The predicted octanol–water partition coefficient (Wildman–Crippen LogP) is 2.88. The van der Waals surface area contributed by atoms with Gasteiger partial charge in [-0.05, 0) is 26.2 Å². The average molecular weight is 176 g/mol. The molecule has 0 aromatic carbocycles. The molecule has 0 aliphatic heterocycles. The van der Waals surface area contributed by atoms with Crippen LogP contribution >= 0.6 is 0 Å². The maximum absolute atomic E-state index is 11.4. The molecule has 0 aromatic rings. The number of fused-ring (bicyclic) bond motifs is 2. The topological polar surface area (TPSA) is 17.1 Å². The second-order valence-corrected chi connectivity index (χ2v) is 4.26. The van der Waals surface area contributed by atoms with Crippen molar-refractivity contribution in [2.75, 3.05) is 0 Å². The van der Waals surface area contributed by atoms with Crippen molar-refractivity contribution in [3.63, 3.8) is 0 Å². The van der Waals surface area contributed by atoms with Gasteiger partial charge < -0.3 is 0 Å². The van der Waals surface area contributed by atoms with Gasteiger partial charge in [-0.25, -0.2) is 0 Å². The Morgan fingerprint density at radius 3 is 2.77 bits per heavy atom. The maximum atomic E-state index is 11.4. The number of carbonyl (C=O) groups is 1. The van der Waals surface area contributed by atoms with Gasteiger partial charge >= 0.3 is 0 Å². The summed E-state index contributed by atoms with van der Waals surface area (Å²) in [6.45, 7) is 4.28. The minimum absolute atomic E-state index is 0.435. The number of Topliss-reactive ketones (excluding diaryl/α,β-unsaturated/α-hetero) is 1. The van der Waals surface area contributed by atoms with Crippen molar-refractivity contribution in [3.8, 4) is 0 Å². The van der Waals surface area contributed by atoms with Gasteiger partial charge in [0.15, 0.2) is 0 Å². The third-order valence-electron chi connectivity index (χ3n) is 3.21. The van der Waals surface area contributed by atoms with E-state index in [1.54, 1.807) is 0 Å². The van der Waals surface area contributed by atoms with Gasteiger partial charge in [0.05, 0.1) is 0 Å². The number of carbonyl (C=O) groups excluding carboxylic acids is 1. The Hall–Kier alpha value is -0.850. The van der Waals surface area contributed by atoms with E-state index in [4.69, 9.17) is 0 Å². The molecule has 0 aromatic heterocycles. The highest BCUT2D eigenvalue weighted by Gasteiger charge is 2.33. The summed E-state index contributed by atoms with van der Waals surface area (Å²) in [6, 6.07) is 0. The zero-order valence-corrected chi connectivity index (χ0v) is 8.34. The molecule has 70 valence electrons. The largest absolute Gasteiger partial charge is 0.300 e. The highest BCUT2D eigenvalue weighted by molar-refractivity contribution is 5.81. The first-order valence-corrected chi connectivity index (χ1v) is 5.05. The van der Waals surface area contributed by atoms with Gasteiger partial charge in [0.25, 0.3) is 0 Å². The van der Waals surface area contributed by atoms with Crippen LogP contribution in [0.15, 0.2) is 23.3 Å². The summed E-state index contributed by atoms with van der Waals surface area (Å²) in [6.07, 6.45) is 7.12. The van der Waals surface area contributed by atoms with E-state index in [1.807, 2.05) is 0 Å².